The van der Waals surface area contributed by atoms with Crippen LogP contribution in [0.5, 0.6) is 0 Å². The summed E-state index contributed by atoms with van der Waals surface area (Å²) in [6.45, 7) is 0. The molecular weight excluding hydrogens is 313 g/mol. The van der Waals surface area contributed by atoms with Crippen LogP contribution in [0.3, 0.4) is 0 Å². The Labute approximate surface area is 118 Å². The molecule has 6 heteroatoms. The number of alkyl halides is 4. The highest BCUT2D eigenvalue weighted by molar-refractivity contribution is 6.79. The van der Waals surface area contributed by atoms with E-state index in [0.29, 0.717) is 5.56 Å². The van der Waals surface area contributed by atoms with Gasteiger partial charge in [-0.1, -0.05) is 76.7 Å². The number of rotatable bonds is 2. The second-order valence-electron chi connectivity index (χ2n) is 3.54. The third kappa shape index (κ3) is 1.24. The Morgan fingerprint density at radius 3 is 1.69 bits per heavy atom. The number of carbonyl (C=O) groups is 1. The summed E-state index contributed by atoms with van der Waals surface area (Å²) in [5.41, 5.74) is -0.973. The van der Waals surface area contributed by atoms with Crippen molar-refractivity contribution in [1.29, 1.82) is 0 Å². The molecule has 1 fully saturated rings. The molecule has 0 amide bonds. The first kappa shape index (κ1) is 12.8. The van der Waals surface area contributed by atoms with Gasteiger partial charge in [0.25, 0.3) is 0 Å². The van der Waals surface area contributed by atoms with Crippen LogP contribution in [0.15, 0.2) is 30.3 Å². The molecule has 0 atom stereocenters. The minimum atomic E-state index is -1.62. The summed E-state index contributed by atoms with van der Waals surface area (Å²) < 4.78 is -3.24. The van der Waals surface area contributed by atoms with Gasteiger partial charge in [-0.05, 0) is 17.2 Å². The minimum absolute atomic E-state index is 0.505. The Balaban J connectivity index is 2.63. The van der Waals surface area contributed by atoms with Crippen molar-refractivity contribution in [2.24, 2.45) is 0 Å². The maximum atomic E-state index is 11.6. The molecule has 0 spiro atoms. The summed E-state index contributed by atoms with van der Waals surface area (Å²) in [4.78, 5) is 11.6. The molecule has 86 valence electrons. The van der Waals surface area contributed by atoms with Crippen LogP contribution in [0.25, 0.3) is 0 Å². The van der Waals surface area contributed by atoms with Gasteiger partial charge in [0.1, 0.15) is 5.41 Å². The Bertz CT molecular complexity index is 426. The Morgan fingerprint density at radius 1 is 0.938 bits per heavy atom. The lowest BCUT2D eigenvalue weighted by molar-refractivity contribution is -0.113. The zero-order valence-corrected chi connectivity index (χ0v) is 11.5. The van der Waals surface area contributed by atoms with Gasteiger partial charge in [0.05, 0.1) is 0 Å². The highest BCUT2D eigenvalue weighted by Gasteiger charge is 2.91. The average molecular weight is 318 g/mol. The summed E-state index contributed by atoms with van der Waals surface area (Å²) in [6, 6.07) is 8.55. The first-order valence-corrected chi connectivity index (χ1v) is 6.20. The Morgan fingerprint density at radius 2 is 1.38 bits per heavy atom. The smallest absolute Gasteiger partial charge is 0.238 e. The van der Waals surface area contributed by atoms with Crippen molar-refractivity contribution >= 4 is 63.2 Å². The van der Waals surface area contributed by atoms with Crippen LogP contribution in [-0.4, -0.2) is 13.9 Å². The van der Waals surface area contributed by atoms with Gasteiger partial charge in [-0.25, -0.2) is 0 Å². The van der Waals surface area contributed by atoms with Crippen molar-refractivity contribution in [1.82, 2.24) is 0 Å². The topological polar surface area (TPSA) is 17.1 Å². The Hall–Kier alpha value is 0.340. The van der Waals surface area contributed by atoms with Crippen LogP contribution < -0.4 is 0 Å². The summed E-state index contributed by atoms with van der Waals surface area (Å²) in [7, 11) is 0. The molecule has 1 nitrogen and oxygen atoms in total. The first-order valence-electron chi connectivity index (χ1n) is 4.31. The van der Waals surface area contributed by atoms with Gasteiger partial charge >= 0.3 is 0 Å². The molecule has 0 N–H and O–H groups in total. The minimum Gasteiger partial charge on any atom is -0.280 e. The standard InChI is InChI=1S/C10H5Cl5O/c11-7(16)8(6-4-2-1-3-5-6)9(12,13)10(8,14)15/h1-5H. The maximum Gasteiger partial charge on any atom is 0.238 e. The normalized spacial score (nSPS) is 23.8. The highest BCUT2D eigenvalue weighted by Crippen LogP contribution is 2.78. The number of carbonyl (C=O) groups excluding carboxylic acids is 1. The van der Waals surface area contributed by atoms with E-state index in [9.17, 15) is 4.79 Å². The van der Waals surface area contributed by atoms with Gasteiger partial charge in [-0.3, -0.25) is 4.79 Å². The SMILES string of the molecule is O=C(Cl)C1(c2ccccc2)C(Cl)(Cl)C1(Cl)Cl. The zero-order valence-electron chi connectivity index (χ0n) is 7.68. The molecule has 0 bridgehead atoms. The van der Waals surface area contributed by atoms with E-state index >= 15 is 0 Å². The molecular formula is C10H5Cl5O. The third-order valence-corrected chi connectivity index (χ3v) is 5.71. The van der Waals surface area contributed by atoms with E-state index in [1.165, 1.54) is 0 Å². The predicted molar refractivity (Wildman–Crippen MR) is 67.9 cm³/mol. The monoisotopic (exact) mass is 316 g/mol. The van der Waals surface area contributed by atoms with Gasteiger partial charge < -0.3 is 0 Å². The highest BCUT2D eigenvalue weighted by atomic mass is 35.5. The summed E-state index contributed by atoms with van der Waals surface area (Å²) in [6.07, 6.45) is 0. The lowest BCUT2D eigenvalue weighted by Crippen LogP contribution is -2.24. The van der Waals surface area contributed by atoms with E-state index in [1.807, 2.05) is 0 Å². The maximum absolute atomic E-state index is 11.6. The molecule has 0 aliphatic heterocycles. The molecule has 0 aromatic heterocycles. The number of hydrogen-bond acceptors (Lipinski definition) is 1. The van der Waals surface area contributed by atoms with Crippen molar-refractivity contribution in [3.05, 3.63) is 35.9 Å². The van der Waals surface area contributed by atoms with Gasteiger partial charge in [-0.2, -0.15) is 0 Å². The zero-order chi connectivity index (χ0) is 12.2. The van der Waals surface area contributed by atoms with Crippen molar-refractivity contribution in [2.75, 3.05) is 0 Å². The van der Waals surface area contributed by atoms with Gasteiger partial charge in [0.2, 0.25) is 5.24 Å². The molecule has 2 rings (SSSR count). The molecule has 0 heterocycles. The quantitative estimate of drug-likeness (QED) is 0.594. The van der Waals surface area contributed by atoms with Crippen molar-refractivity contribution in [3.63, 3.8) is 0 Å². The number of halogens is 5. The number of hydrogen-bond donors (Lipinski definition) is 0. The van der Waals surface area contributed by atoms with Crippen LogP contribution >= 0.6 is 58.0 Å². The van der Waals surface area contributed by atoms with Gasteiger partial charge in [-0.15, -0.1) is 0 Å². The summed E-state index contributed by atoms with van der Waals surface area (Å²) in [5, 5.41) is -0.770. The molecule has 1 aromatic rings. The van der Waals surface area contributed by atoms with Gasteiger partial charge in [0, 0.05) is 0 Å². The predicted octanol–water partition coefficient (Wildman–Crippen LogP) is 4.05. The lowest BCUT2D eigenvalue weighted by atomic mass is 9.97. The third-order valence-electron chi connectivity index (χ3n) is 2.78. The van der Waals surface area contributed by atoms with Crippen LogP contribution in [0.2, 0.25) is 0 Å². The van der Waals surface area contributed by atoms with E-state index in [-0.39, 0.29) is 0 Å². The van der Waals surface area contributed by atoms with Crippen molar-refractivity contribution < 1.29 is 4.79 Å². The fourth-order valence-corrected chi connectivity index (χ4v) is 4.33. The second kappa shape index (κ2) is 3.66. The van der Waals surface area contributed by atoms with E-state index in [1.54, 1.807) is 30.3 Å². The molecule has 0 radical (unpaired) electrons. The largest absolute Gasteiger partial charge is 0.280 e. The number of benzene rings is 1. The second-order valence-corrected chi connectivity index (χ2v) is 6.54. The first-order chi connectivity index (χ1) is 7.30. The summed E-state index contributed by atoms with van der Waals surface area (Å²) >= 11 is 29.5. The van der Waals surface area contributed by atoms with Crippen LogP contribution in [-0.2, 0) is 10.2 Å². The fraction of sp³-hybridized carbons (Fsp3) is 0.300. The molecule has 1 aliphatic rings. The van der Waals surface area contributed by atoms with E-state index < -0.39 is 19.3 Å². The molecule has 1 aliphatic carbocycles. The van der Waals surface area contributed by atoms with E-state index in [0.717, 1.165) is 0 Å². The molecule has 0 saturated heterocycles. The van der Waals surface area contributed by atoms with Crippen LogP contribution in [0.1, 0.15) is 5.56 Å². The van der Waals surface area contributed by atoms with Crippen LogP contribution in [0.4, 0.5) is 0 Å². The Kier molecular flexibility index (Phi) is 2.93. The van der Waals surface area contributed by atoms with E-state index in [4.69, 9.17) is 58.0 Å². The molecule has 0 unspecified atom stereocenters. The van der Waals surface area contributed by atoms with E-state index in [2.05, 4.69) is 0 Å². The van der Waals surface area contributed by atoms with Crippen molar-refractivity contribution in [2.45, 2.75) is 14.1 Å². The lowest BCUT2D eigenvalue weighted by Gasteiger charge is -2.13. The fourth-order valence-electron chi connectivity index (χ4n) is 1.83. The van der Waals surface area contributed by atoms with Crippen LogP contribution in [0, 0.1) is 0 Å². The summed E-state index contributed by atoms with van der Waals surface area (Å²) in [5.74, 6) is 0. The molecule has 1 saturated carbocycles. The van der Waals surface area contributed by atoms with Crippen molar-refractivity contribution in [3.8, 4) is 0 Å². The van der Waals surface area contributed by atoms with Gasteiger partial charge in [0.15, 0.2) is 8.67 Å². The molecule has 16 heavy (non-hydrogen) atoms. The molecule has 1 aromatic carbocycles. The average Bonchev–Trinajstić information content (AvgIpc) is 2.55.